The van der Waals surface area contributed by atoms with E-state index in [1.807, 2.05) is 37.3 Å². The van der Waals surface area contributed by atoms with Crippen molar-refractivity contribution in [2.45, 2.75) is 50.4 Å². The molecule has 4 aliphatic rings. The van der Waals surface area contributed by atoms with Crippen molar-refractivity contribution in [1.82, 2.24) is 19.4 Å². The minimum atomic E-state index is -1.06. The van der Waals surface area contributed by atoms with Gasteiger partial charge in [-0.1, -0.05) is 17.7 Å². The second kappa shape index (κ2) is 11.2. The van der Waals surface area contributed by atoms with Crippen molar-refractivity contribution in [2.24, 2.45) is 0 Å². The molecule has 0 bridgehead atoms. The van der Waals surface area contributed by atoms with Gasteiger partial charge >= 0.3 is 5.97 Å². The van der Waals surface area contributed by atoms with Gasteiger partial charge in [0.1, 0.15) is 11.5 Å². The quantitative estimate of drug-likeness (QED) is 0.273. The van der Waals surface area contributed by atoms with Crippen LogP contribution in [-0.2, 0) is 33.1 Å². The number of imidazole rings is 1. The Morgan fingerprint density at radius 2 is 1.98 bits per heavy atom. The summed E-state index contributed by atoms with van der Waals surface area (Å²) in [4.78, 5) is 26.7. The van der Waals surface area contributed by atoms with Crippen LogP contribution in [0.3, 0.4) is 0 Å². The van der Waals surface area contributed by atoms with Crippen LogP contribution in [0, 0.1) is 0 Å². The van der Waals surface area contributed by atoms with Gasteiger partial charge in [-0.2, -0.15) is 0 Å². The minimum Gasteiger partial charge on any atom is -0.465 e. The lowest BCUT2D eigenvalue weighted by Crippen LogP contribution is -2.59. The Bertz CT molecular complexity index is 1760. The maximum absolute atomic E-state index is 12.3. The molecule has 0 amide bonds. The summed E-state index contributed by atoms with van der Waals surface area (Å²) in [5.41, 5.74) is 3.90. The predicted molar refractivity (Wildman–Crippen MR) is 166 cm³/mol. The Kier molecular flexibility index (Phi) is 7.09. The molecule has 3 saturated heterocycles. The number of methoxy groups -OCH3 is 1. The van der Waals surface area contributed by atoms with Crippen molar-refractivity contribution in [3.8, 4) is 11.5 Å². The average molecular weight is 632 g/mol. The van der Waals surface area contributed by atoms with Gasteiger partial charge in [0.25, 0.3) is 5.79 Å². The van der Waals surface area contributed by atoms with Gasteiger partial charge in [0.05, 0.1) is 78.9 Å². The van der Waals surface area contributed by atoms with Gasteiger partial charge < -0.3 is 33.2 Å². The first-order valence-electron chi connectivity index (χ1n) is 15.3. The van der Waals surface area contributed by atoms with Crippen LogP contribution in [0.15, 0.2) is 54.7 Å². The van der Waals surface area contributed by atoms with E-state index < -0.39 is 5.79 Å². The summed E-state index contributed by atoms with van der Waals surface area (Å²) in [5.74, 6) is 0.917. The Balaban J connectivity index is 1.06. The molecule has 234 valence electrons. The number of nitrogens with zero attached hydrogens (tertiary/aromatic N) is 5. The fourth-order valence-corrected chi connectivity index (χ4v) is 7.00. The highest BCUT2D eigenvalue weighted by Crippen LogP contribution is 2.50. The number of halogens is 1. The number of anilines is 1. The monoisotopic (exact) mass is 631 g/mol. The molecule has 0 radical (unpaired) electrons. The second-order valence-electron chi connectivity index (χ2n) is 12.1. The summed E-state index contributed by atoms with van der Waals surface area (Å²) < 4.78 is 32.0. The summed E-state index contributed by atoms with van der Waals surface area (Å²) in [6, 6.07) is 15.5. The van der Waals surface area contributed by atoms with Crippen molar-refractivity contribution in [1.29, 1.82) is 0 Å². The lowest BCUT2D eigenvalue weighted by molar-refractivity contribution is -0.0716. The van der Waals surface area contributed by atoms with Crippen molar-refractivity contribution in [2.75, 3.05) is 44.9 Å². The van der Waals surface area contributed by atoms with Crippen LogP contribution in [0.4, 0.5) is 5.69 Å². The molecule has 4 atom stereocenters. The fourth-order valence-electron chi connectivity index (χ4n) is 6.88. The van der Waals surface area contributed by atoms with E-state index in [0.717, 1.165) is 48.7 Å². The number of para-hydroxylation sites is 1. The molecule has 3 fully saturated rings. The third-order valence-electron chi connectivity index (χ3n) is 9.35. The van der Waals surface area contributed by atoms with E-state index in [-0.39, 0.29) is 24.2 Å². The van der Waals surface area contributed by atoms with Crippen LogP contribution < -0.4 is 14.4 Å². The molecule has 4 aliphatic heterocycles. The maximum Gasteiger partial charge on any atom is 0.337 e. The summed E-state index contributed by atoms with van der Waals surface area (Å²) >= 11 is 6.08. The molecule has 0 N–H and O–H groups in total. The summed E-state index contributed by atoms with van der Waals surface area (Å²) in [6.07, 6.45) is 2.75. The Morgan fingerprint density at radius 1 is 1.11 bits per heavy atom. The number of carbonyl (C=O) groups is 1. The van der Waals surface area contributed by atoms with Crippen molar-refractivity contribution >= 4 is 34.3 Å². The van der Waals surface area contributed by atoms with Gasteiger partial charge in [0.15, 0.2) is 11.5 Å². The number of rotatable bonds is 7. The molecule has 0 aliphatic carbocycles. The largest absolute Gasteiger partial charge is 0.465 e. The number of ether oxygens (including phenoxy) is 5. The molecule has 2 aromatic carbocycles. The van der Waals surface area contributed by atoms with Crippen LogP contribution in [0.5, 0.6) is 11.5 Å². The lowest BCUT2D eigenvalue weighted by atomic mass is 10.0. The van der Waals surface area contributed by atoms with E-state index in [9.17, 15) is 4.79 Å². The number of pyridine rings is 1. The maximum atomic E-state index is 12.3. The van der Waals surface area contributed by atoms with E-state index in [1.165, 1.54) is 7.11 Å². The number of esters is 1. The normalized spacial score (nSPS) is 25.8. The van der Waals surface area contributed by atoms with Gasteiger partial charge in [-0.15, -0.1) is 0 Å². The van der Waals surface area contributed by atoms with Gasteiger partial charge in [-0.25, -0.2) is 9.78 Å². The SMILES string of the molecule is COC(=O)c1ccc2nc(CN3CCN(c4cccc5c4OC(C)(c4ccc(Cl)cn4)O5)[C@@H]4COC[C@@H]43)n(C[C@@H]3CCO3)c2c1. The van der Waals surface area contributed by atoms with E-state index in [4.69, 9.17) is 40.3 Å². The van der Waals surface area contributed by atoms with Gasteiger partial charge in [0, 0.05) is 32.8 Å². The molecule has 6 heterocycles. The predicted octanol–water partition coefficient (Wildman–Crippen LogP) is 4.39. The minimum absolute atomic E-state index is 0.119. The lowest BCUT2D eigenvalue weighted by Gasteiger charge is -2.44. The Labute approximate surface area is 265 Å². The first-order chi connectivity index (χ1) is 21.9. The van der Waals surface area contributed by atoms with E-state index in [2.05, 4.69) is 25.4 Å². The van der Waals surface area contributed by atoms with E-state index in [1.54, 1.807) is 18.3 Å². The number of carbonyl (C=O) groups excluding carboxylic acids is 1. The topological polar surface area (TPSA) is 100 Å². The number of piperazine rings is 1. The first-order valence-corrected chi connectivity index (χ1v) is 15.7. The number of fused-ring (bicyclic) bond motifs is 3. The number of hydrogen-bond acceptors (Lipinski definition) is 10. The first kappa shape index (κ1) is 28.6. The molecule has 8 rings (SSSR count). The van der Waals surface area contributed by atoms with Crippen molar-refractivity contribution in [3.63, 3.8) is 0 Å². The summed E-state index contributed by atoms with van der Waals surface area (Å²) in [7, 11) is 1.40. The van der Waals surface area contributed by atoms with Gasteiger partial charge in [-0.05, 0) is 48.9 Å². The zero-order chi connectivity index (χ0) is 30.7. The number of benzene rings is 2. The molecule has 0 spiro atoms. The molecule has 0 saturated carbocycles. The number of aromatic nitrogens is 3. The summed E-state index contributed by atoms with van der Waals surface area (Å²) in [5, 5.41) is 0.557. The molecule has 4 aromatic rings. The van der Waals surface area contributed by atoms with Crippen LogP contribution in [0.1, 0.15) is 35.2 Å². The molecule has 12 heteroatoms. The molecular weight excluding hydrogens is 598 g/mol. The fraction of sp³-hybridized carbons (Fsp3) is 0.424. The van der Waals surface area contributed by atoms with E-state index in [0.29, 0.717) is 54.1 Å². The standard InChI is InChI=1S/C33H34ClN5O6/c1-33(29-9-7-21(34)15-35-29)44-28-5-3-4-24(31(28)45-33)38-12-11-37(26-18-42-19-27(26)38)17-30-36-23-8-6-20(32(40)41-2)14-25(23)39(30)16-22-10-13-43-22/h3-9,14-15,22,26-27H,10-13,16-19H2,1-2H3/t22-,26-,27+,33?/m0/s1. The van der Waals surface area contributed by atoms with E-state index >= 15 is 0 Å². The summed E-state index contributed by atoms with van der Waals surface area (Å²) in [6.45, 7) is 6.81. The van der Waals surface area contributed by atoms with Crippen LogP contribution in [-0.4, -0.2) is 83.6 Å². The zero-order valence-electron chi connectivity index (χ0n) is 25.1. The average Bonchev–Trinajstić information content (AvgIpc) is 3.74. The van der Waals surface area contributed by atoms with Gasteiger partial charge in [0.2, 0.25) is 0 Å². The highest BCUT2D eigenvalue weighted by Gasteiger charge is 2.46. The van der Waals surface area contributed by atoms with Crippen LogP contribution in [0.2, 0.25) is 5.02 Å². The zero-order valence-corrected chi connectivity index (χ0v) is 25.9. The molecule has 11 nitrogen and oxygen atoms in total. The Hall–Kier alpha value is -3.90. The van der Waals surface area contributed by atoms with Crippen LogP contribution >= 0.6 is 11.6 Å². The van der Waals surface area contributed by atoms with Crippen molar-refractivity contribution in [3.05, 3.63) is 76.8 Å². The number of hydrogen-bond donors (Lipinski definition) is 0. The molecule has 2 aromatic heterocycles. The molecule has 1 unspecified atom stereocenters. The van der Waals surface area contributed by atoms with Gasteiger partial charge in [-0.3, -0.25) is 9.88 Å². The molecule has 45 heavy (non-hydrogen) atoms. The Morgan fingerprint density at radius 3 is 2.76 bits per heavy atom. The highest BCUT2D eigenvalue weighted by atomic mass is 35.5. The van der Waals surface area contributed by atoms with Crippen LogP contribution in [0.25, 0.3) is 11.0 Å². The molecular formula is C33H34ClN5O6. The third-order valence-corrected chi connectivity index (χ3v) is 9.58. The second-order valence-corrected chi connectivity index (χ2v) is 12.5. The third kappa shape index (κ3) is 4.98. The smallest absolute Gasteiger partial charge is 0.337 e. The van der Waals surface area contributed by atoms with Crippen molar-refractivity contribution < 1.29 is 28.5 Å². The highest BCUT2D eigenvalue weighted by molar-refractivity contribution is 6.30.